The van der Waals surface area contributed by atoms with Gasteiger partial charge in [-0.3, -0.25) is 4.79 Å². The molecule has 8 heteroatoms. The second kappa shape index (κ2) is 8.46. The summed E-state index contributed by atoms with van der Waals surface area (Å²) in [6, 6.07) is 8.39. The molecule has 7 nitrogen and oxygen atoms in total. The molecule has 0 aliphatic carbocycles. The van der Waals surface area contributed by atoms with Gasteiger partial charge in [0.1, 0.15) is 0 Å². The summed E-state index contributed by atoms with van der Waals surface area (Å²) in [5.74, 6) is -0.362. The molecule has 140 valence electrons. The van der Waals surface area contributed by atoms with Crippen molar-refractivity contribution in [1.82, 2.24) is 19.2 Å². The number of piperidine rings is 1. The fourth-order valence-corrected chi connectivity index (χ4v) is 4.70. The number of hydrogen-bond acceptors (Lipinski definition) is 4. The minimum absolute atomic E-state index is 0.0661. The lowest BCUT2D eigenvalue weighted by molar-refractivity contribution is -0.126. The topological polar surface area (TPSA) is 84.3 Å². The molecule has 1 aliphatic rings. The van der Waals surface area contributed by atoms with E-state index in [4.69, 9.17) is 0 Å². The maximum atomic E-state index is 12.7. The number of amides is 1. The van der Waals surface area contributed by atoms with Crippen LogP contribution in [0.1, 0.15) is 19.3 Å². The highest BCUT2D eigenvalue weighted by Crippen LogP contribution is 2.23. The van der Waals surface area contributed by atoms with E-state index in [1.165, 1.54) is 4.31 Å². The van der Waals surface area contributed by atoms with Gasteiger partial charge >= 0.3 is 0 Å². The van der Waals surface area contributed by atoms with E-state index in [1.54, 1.807) is 42.9 Å². The number of aryl methyl sites for hydroxylation is 1. The summed E-state index contributed by atoms with van der Waals surface area (Å²) < 4.78 is 28.9. The SMILES string of the molecule is O=C(NCCCn1ccnc1)C1CCCN(S(=O)(=O)c2ccccc2)C1. The van der Waals surface area contributed by atoms with Gasteiger partial charge in [-0.1, -0.05) is 18.2 Å². The van der Waals surface area contributed by atoms with Gasteiger partial charge in [0.05, 0.1) is 17.1 Å². The summed E-state index contributed by atoms with van der Waals surface area (Å²) in [4.78, 5) is 16.7. The maximum absolute atomic E-state index is 12.7. The number of nitrogens with zero attached hydrogens (tertiary/aromatic N) is 3. The number of rotatable bonds is 7. The third-order valence-electron chi connectivity index (χ3n) is 4.59. The van der Waals surface area contributed by atoms with Gasteiger partial charge in [-0.15, -0.1) is 0 Å². The maximum Gasteiger partial charge on any atom is 0.243 e. The largest absolute Gasteiger partial charge is 0.356 e. The number of aromatic nitrogens is 2. The lowest BCUT2D eigenvalue weighted by Crippen LogP contribution is -2.45. The van der Waals surface area contributed by atoms with E-state index in [0.29, 0.717) is 25.9 Å². The summed E-state index contributed by atoms with van der Waals surface area (Å²) in [7, 11) is -3.54. The molecular weight excluding hydrogens is 352 g/mol. The van der Waals surface area contributed by atoms with Crippen molar-refractivity contribution in [3.63, 3.8) is 0 Å². The van der Waals surface area contributed by atoms with Gasteiger partial charge in [-0.2, -0.15) is 4.31 Å². The Hall–Kier alpha value is -2.19. The summed E-state index contributed by atoms with van der Waals surface area (Å²) in [6.45, 7) is 2.06. The molecule has 1 amide bonds. The Morgan fingerprint density at radius 1 is 1.27 bits per heavy atom. The van der Waals surface area contributed by atoms with Crippen LogP contribution in [-0.2, 0) is 21.4 Å². The van der Waals surface area contributed by atoms with Crippen molar-refractivity contribution in [2.45, 2.75) is 30.7 Å². The van der Waals surface area contributed by atoms with Crippen molar-refractivity contribution in [1.29, 1.82) is 0 Å². The van der Waals surface area contributed by atoms with Crippen molar-refractivity contribution in [2.75, 3.05) is 19.6 Å². The molecule has 1 aliphatic heterocycles. The molecule has 2 heterocycles. The van der Waals surface area contributed by atoms with Crippen LogP contribution in [0.4, 0.5) is 0 Å². The van der Waals surface area contributed by atoms with Crippen LogP contribution in [0.5, 0.6) is 0 Å². The van der Waals surface area contributed by atoms with Gasteiger partial charge < -0.3 is 9.88 Å². The molecule has 1 aromatic carbocycles. The summed E-state index contributed by atoms with van der Waals surface area (Å²) in [5.41, 5.74) is 0. The van der Waals surface area contributed by atoms with E-state index in [1.807, 2.05) is 10.8 Å². The summed E-state index contributed by atoms with van der Waals surface area (Å²) >= 11 is 0. The standard InChI is InChI=1S/C18H24N4O3S/c23-18(20-9-5-11-21-13-10-19-15-21)16-6-4-12-22(14-16)26(24,25)17-7-2-1-3-8-17/h1-3,7-8,10,13,15-16H,4-6,9,11-12,14H2,(H,20,23). The molecule has 2 aromatic rings. The first-order valence-electron chi connectivity index (χ1n) is 8.86. The molecule has 3 rings (SSSR count). The Kier molecular flexibility index (Phi) is 6.05. The average molecular weight is 376 g/mol. The molecule has 1 saturated heterocycles. The summed E-state index contributed by atoms with van der Waals surface area (Å²) in [6.07, 6.45) is 7.57. The molecule has 0 bridgehead atoms. The van der Waals surface area contributed by atoms with E-state index < -0.39 is 10.0 Å². The van der Waals surface area contributed by atoms with Crippen LogP contribution in [0, 0.1) is 5.92 Å². The first-order valence-corrected chi connectivity index (χ1v) is 10.3. The highest BCUT2D eigenvalue weighted by atomic mass is 32.2. The molecule has 0 spiro atoms. The lowest BCUT2D eigenvalue weighted by Gasteiger charge is -2.31. The number of nitrogens with one attached hydrogen (secondary N) is 1. The first kappa shape index (κ1) is 18.6. The zero-order valence-electron chi connectivity index (χ0n) is 14.6. The number of hydrogen-bond donors (Lipinski definition) is 1. The van der Waals surface area contributed by atoms with Gasteiger partial charge in [0.2, 0.25) is 15.9 Å². The van der Waals surface area contributed by atoms with Crippen LogP contribution < -0.4 is 5.32 Å². The predicted molar refractivity (Wildman–Crippen MR) is 97.8 cm³/mol. The minimum atomic E-state index is -3.54. The Bertz CT molecular complexity index is 806. The van der Waals surface area contributed by atoms with E-state index >= 15 is 0 Å². The van der Waals surface area contributed by atoms with Crippen LogP contribution in [-0.4, -0.2) is 47.8 Å². The van der Waals surface area contributed by atoms with Crippen molar-refractivity contribution in [2.24, 2.45) is 5.92 Å². The van der Waals surface area contributed by atoms with Crippen LogP contribution in [0.25, 0.3) is 0 Å². The molecule has 1 N–H and O–H groups in total. The number of carbonyl (C=O) groups is 1. The minimum Gasteiger partial charge on any atom is -0.356 e. The lowest BCUT2D eigenvalue weighted by atomic mass is 9.99. The number of benzene rings is 1. The Labute approximate surface area is 154 Å². The quantitative estimate of drug-likeness (QED) is 0.742. The van der Waals surface area contributed by atoms with Crippen LogP contribution in [0.2, 0.25) is 0 Å². The average Bonchev–Trinajstić information content (AvgIpc) is 3.19. The van der Waals surface area contributed by atoms with Crippen LogP contribution >= 0.6 is 0 Å². The highest BCUT2D eigenvalue weighted by molar-refractivity contribution is 7.89. The molecule has 0 saturated carbocycles. The van der Waals surface area contributed by atoms with Crippen molar-refractivity contribution >= 4 is 15.9 Å². The highest BCUT2D eigenvalue weighted by Gasteiger charge is 2.33. The zero-order valence-corrected chi connectivity index (χ0v) is 15.4. The van der Waals surface area contributed by atoms with Crippen molar-refractivity contribution in [3.05, 3.63) is 49.1 Å². The second-order valence-electron chi connectivity index (χ2n) is 6.46. The van der Waals surface area contributed by atoms with E-state index in [0.717, 1.165) is 13.0 Å². The molecule has 1 unspecified atom stereocenters. The van der Waals surface area contributed by atoms with E-state index in [-0.39, 0.29) is 23.3 Å². The Morgan fingerprint density at radius 2 is 2.08 bits per heavy atom. The Balaban J connectivity index is 1.52. The summed E-state index contributed by atoms with van der Waals surface area (Å²) in [5, 5.41) is 2.93. The number of imidazole rings is 1. The predicted octanol–water partition coefficient (Wildman–Crippen LogP) is 1.49. The molecule has 1 atom stereocenters. The second-order valence-corrected chi connectivity index (χ2v) is 8.40. The fraction of sp³-hybridized carbons (Fsp3) is 0.444. The smallest absolute Gasteiger partial charge is 0.243 e. The monoisotopic (exact) mass is 376 g/mol. The van der Waals surface area contributed by atoms with Crippen LogP contribution in [0.15, 0.2) is 53.9 Å². The van der Waals surface area contributed by atoms with E-state index in [2.05, 4.69) is 10.3 Å². The molecule has 26 heavy (non-hydrogen) atoms. The number of sulfonamides is 1. The van der Waals surface area contributed by atoms with Crippen molar-refractivity contribution < 1.29 is 13.2 Å². The molecular formula is C18H24N4O3S. The van der Waals surface area contributed by atoms with Gasteiger partial charge in [0.15, 0.2) is 0 Å². The molecule has 0 radical (unpaired) electrons. The van der Waals surface area contributed by atoms with Gasteiger partial charge in [-0.25, -0.2) is 13.4 Å². The van der Waals surface area contributed by atoms with Gasteiger partial charge in [-0.05, 0) is 31.4 Å². The van der Waals surface area contributed by atoms with E-state index in [9.17, 15) is 13.2 Å². The molecule has 1 fully saturated rings. The third kappa shape index (κ3) is 4.50. The number of carbonyl (C=O) groups excluding carboxylic acids is 1. The Morgan fingerprint density at radius 3 is 2.81 bits per heavy atom. The van der Waals surface area contributed by atoms with Crippen LogP contribution in [0.3, 0.4) is 0 Å². The van der Waals surface area contributed by atoms with Crippen molar-refractivity contribution in [3.8, 4) is 0 Å². The zero-order chi connectivity index (χ0) is 18.4. The van der Waals surface area contributed by atoms with Gasteiger partial charge in [0.25, 0.3) is 0 Å². The van der Waals surface area contributed by atoms with Gasteiger partial charge in [0, 0.05) is 38.6 Å². The third-order valence-corrected chi connectivity index (χ3v) is 6.47. The normalized spacial score (nSPS) is 18.5. The fourth-order valence-electron chi connectivity index (χ4n) is 3.15. The first-order chi connectivity index (χ1) is 12.6. The molecule has 1 aromatic heterocycles.